The van der Waals surface area contributed by atoms with Crippen LogP contribution in [0.4, 0.5) is 5.69 Å². The number of rotatable bonds is 1. The number of aryl methyl sites for hydroxylation is 1. The number of carbonyl (C=O) groups excluding carboxylic acids is 2. The lowest BCUT2D eigenvalue weighted by atomic mass is 10.2. The van der Waals surface area contributed by atoms with Crippen LogP contribution in [0.1, 0.15) is 31.2 Å². The van der Waals surface area contributed by atoms with Crippen LogP contribution in [0, 0.1) is 6.92 Å². The maximum Gasteiger partial charge on any atom is 0.313 e. The SMILES string of the molecule is Cc1cc(O)ccc1NC(=O)C(=O)N1CCCCCC1. The summed E-state index contributed by atoms with van der Waals surface area (Å²) in [6.45, 7) is 3.08. The predicted molar refractivity (Wildman–Crippen MR) is 76.5 cm³/mol. The molecule has 1 saturated heterocycles. The molecule has 1 aromatic rings. The van der Waals surface area contributed by atoms with Crippen molar-refractivity contribution in [2.24, 2.45) is 0 Å². The monoisotopic (exact) mass is 276 g/mol. The van der Waals surface area contributed by atoms with E-state index < -0.39 is 11.8 Å². The van der Waals surface area contributed by atoms with E-state index in [0.717, 1.165) is 31.2 Å². The molecule has 20 heavy (non-hydrogen) atoms. The van der Waals surface area contributed by atoms with Gasteiger partial charge in [0.1, 0.15) is 5.75 Å². The summed E-state index contributed by atoms with van der Waals surface area (Å²) in [7, 11) is 0. The zero-order chi connectivity index (χ0) is 14.5. The van der Waals surface area contributed by atoms with Crippen LogP contribution < -0.4 is 5.32 Å². The maximum absolute atomic E-state index is 12.1. The highest BCUT2D eigenvalue weighted by atomic mass is 16.3. The Morgan fingerprint density at radius 2 is 1.80 bits per heavy atom. The number of aromatic hydroxyl groups is 1. The van der Waals surface area contributed by atoms with Gasteiger partial charge < -0.3 is 15.3 Å². The standard InChI is InChI=1S/C15H20N2O3/c1-11-10-12(18)6-7-13(11)16-14(19)15(20)17-8-4-2-3-5-9-17/h6-7,10,18H,2-5,8-9H2,1H3,(H,16,19). The number of carbonyl (C=O) groups is 2. The van der Waals surface area contributed by atoms with Gasteiger partial charge in [0.05, 0.1) is 0 Å². The van der Waals surface area contributed by atoms with Crippen molar-refractivity contribution in [3.05, 3.63) is 23.8 Å². The van der Waals surface area contributed by atoms with E-state index >= 15 is 0 Å². The van der Waals surface area contributed by atoms with Crippen LogP contribution in [0.5, 0.6) is 5.75 Å². The highest BCUT2D eigenvalue weighted by molar-refractivity contribution is 6.39. The summed E-state index contributed by atoms with van der Waals surface area (Å²) in [6, 6.07) is 4.63. The van der Waals surface area contributed by atoms with Crippen LogP contribution in [0.2, 0.25) is 0 Å². The van der Waals surface area contributed by atoms with Crippen molar-refractivity contribution in [1.82, 2.24) is 4.90 Å². The molecule has 1 heterocycles. The molecule has 0 saturated carbocycles. The third kappa shape index (κ3) is 3.50. The van der Waals surface area contributed by atoms with Crippen LogP contribution in [-0.2, 0) is 9.59 Å². The van der Waals surface area contributed by atoms with Gasteiger partial charge in [-0.15, -0.1) is 0 Å². The molecule has 1 fully saturated rings. The molecule has 1 aromatic carbocycles. The average molecular weight is 276 g/mol. The molecule has 0 atom stereocenters. The molecular formula is C15H20N2O3. The normalized spacial score (nSPS) is 15.6. The second-order valence-electron chi connectivity index (χ2n) is 5.16. The van der Waals surface area contributed by atoms with E-state index in [1.54, 1.807) is 24.0 Å². The van der Waals surface area contributed by atoms with Gasteiger partial charge in [-0.2, -0.15) is 0 Å². The van der Waals surface area contributed by atoms with Crippen molar-refractivity contribution in [2.75, 3.05) is 18.4 Å². The Bertz CT molecular complexity index is 506. The van der Waals surface area contributed by atoms with E-state index in [2.05, 4.69) is 5.32 Å². The van der Waals surface area contributed by atoms with E-state index in [0.29, 0.717) is 18.8 Å². The first-order valence-electron chi connectivity index (χ1n) is 6.98. The van der Waals surface area contributed by atoms with Crippen LogP contribution in [0.15, 0.2) is 18.2 Å². The van der Waals surface area contributed by atoms with Crippen LogP contribution in [0.3, 0.4) is 0 Å². The van der Waals surface area contributed by atoms with Crippen LogP contribution >= 0.6 is 0 Å². The highest BCUT2D eigenvalue weighted by Crippen LogP contribution is 2.20. The fourth-order valence-electron chi connectivity index (χ4n) is 2.38. The van der Waals surface area contributed by atoms with Crippen LogP contribution in [-0.4, -0.2) is 34.9 Å². The van der Waals surface area contributed by atoms with Crippen LogP contribution in [0.25, 0.3) is 0 Å². The first kappa shape index (κ1) is 14.4. The molecule has 1 aliphatic rings. The lowest BCUT2D eigenvalue weighted by Crippen LogP contribution is -2.40. The summed E-state index contributed by atoms with van der Waals surface area (Å²) in [5.41, 5.74) is 1.28. The number of phenolic OH excluding ortho intramolecular Hbond substituents is 1. The molecule has 0 bridgehead atoms. The molecule has 5 nitrogen and oxygen atoms in total. The number of hydrogen-bond donors (Lipinski definition) is 2. The van der Waals surface area contributed by atoms with Crippen molar-refractivity contribution in [2.45, 2.75) is 32.6 Å². The maximum atomic E-state index is 12.1. The lowest BCUT2D eigenvalue weighted by Gasteiger charge is -2.19. The Balaban J connectivity index is 2.01. The molecule has 5 heteroatoms. The van der Waals surface area contributed by atoms with Gasteiger partial charge in [0, 0.05) is 18.8 Å². The third-order valence-electron chi connectivity index (χ3n) is 3.55. The van der Waals surface area contributed by atoms with E-state index in [1.807, 2.05) is 0 Å². The summed E-state index contributed by atoms with van der Waals surface area (Å²) in [5, 5.41) is 11.9. The van der Waals surface area contributed by atoms with E-state index in [1.165, 1.54) is 6.07 Å². The zero-order valence-corrected chi connectivity index (χ0v) is 11.7. The Labute approximate surface area is 118 Å². The second kappa shape index (κ2) is 6.41. The topological polar surface area (TPSA) is 69.6 Å². The minimum atomic E-state index is -0.610. The predicted octanol–water partition coefficient (Wildman–Crippen LogP) is 2.04. The first-order chi connectivity index (χ1) is 9.58. The Kier molecular flexibility index (Phi) is 4.61. The van der Waals surface area contributed by atoms with Gasteiger partial charge in [-0.05, 0) is 43.5 Å². The van der Waals surface area contributed by atoms with Gasteiger partial charge in [-0.1, -0.05) is 12.8 Å². The number of nitrogens with one attached hydrogen (secondary N) is 1. The summed E-state index contributed by atoms with van der Waals surface area (Å²) in [4.78, 5) is 25.7. The molecule has 0 aliphatic carbocycles. The highest BCUT2D eigenvalue weighted by Gasteiger charge is 2.22. The minimum absolute atomic E-state index is 0.138. The van der Waals surface area contributed by atoms with Gasteiger partial charge in [0.2, 0.25) is 0 Å². The number of nitrogens with zero attached hydrogens (tertiary/aromatic N) is 1. The summed E-state index contributed by atoms with van der Waals surface area (Å²) >= 11 is 0. The number of amides is 2. The van der Waals surface area contributed by atoms with E-state index in [-0.39, 0.29) is 5.75 Å². The lowest BCUT2D eigenvalue weighted by molar-refractivity contribution is -0.143. The molecule has 2 amide bonds. The summed E-state index contributed by atoms with van der Waals surface area (Å²) in [6.07, 6.45) is 4.14. The molecule has 1 aliphatic heterocycles. The van der Waals surface area contributed by atoms with Crippen molar-refractivity contribution < 1.29 is 14.7 Å². The number of benzene rings is 1. The Morgan fingerprint density at radius 3 is 2.40 bits per heavy atom. The number of hydrogen-bond acceptors (Lipinski definition) is 3. The zero-order valence-electron chi connectivity index (χ0n) is 11.7. The van der Waals surface area contributed by atoms with Gasteiger partial charge in [0.25, 0.3) is 0 Å². The molecule has 0 spiro atoms. The Morgan fingerprint density at radius 1 is 1.15 bits per heavy atom. The van der Waals surface area contributed by atoms with E-state index in [4.69, 9.17) is 0 Å². The van der Waals surface area contributed by atoms with Crippen molar-refractivity contribution >= 4 is 17.5 Å². The van der Waals surface area contributed by atoms with Gasteiger partial charge in [-0.25, -0.2) is 0 Å². The summed E-state index contributed by atoms with van der Waals surface area (Å²) < 4.78 is 0. The smallest absolute Gasteiger partial charge is 0.313 e. The fraction of sp³-hybridized carbons (Fsp3) is 0.467. The average Bonchev–Trinajstić information content (AvgIpc) is 2.70. The van der Waals surface area contributed by atoms with Crippen molar-refractivity contribution in [3.63, 3.8) is 0 Å². The molecule has 0 aromatic heterocycles. The number of likely N-dealkylation sites (tertiary alicyclic amines) is 1. The third-order valence-corrected chi connectivity index (χ3v) is 3.55. The summed E-state index contributed by atoms with van der Waals surface area (Å²) in [5.74, 6) is -0.945. The number of phenols is 1. The van der Waals surface area contributed by atoms with E-state index in [9.17, 15) is 14.7 Å². The van der Waals surface area contributed by atoms with Gasteiger partial charge in [0.15, 0.2) is 0 Å². The molecule has 2 rings (SSSR count). The molecule has 0 radical (unpaired) electrons. The minimum Gasteiger partial charge on any atom is -0.508 e. The van der Waals surface area contributed by atoms with Crippen molar-refractivity contribution in [3.8, 4) is 5.75 Å². The largest absolute Gasteiger partial charge is 0.508 e. The fourth-order valence-corrected chi connectivity index (χ4v) is 2.38. The first-order valence-corrected chi connectivity index (χ1v) is 6.98. The van der Waals surface area contributed by atoms with Gasteiger partial charge in [-0.3, -0.25) is 9.59 Å². The van der Waals surface area contributed by atoms with Gasteiger partial charge >= 0.3 is 11.8 Å². The second-order valence-corrected chi connectivity index (χ2v) is 5.16. The molecule has 2 N–H and O–H groups in total. The van der Waals surface area contributed by atoms with Crippen molar-refractivity contribution in [1.29, 1.82) is 0 Å². The molecule has 0 unspecified atom stereocenters. The number of anilines is 1. The molecular weight excluding hydrogens is 256 g/mol. The Hall–Kier alpha value is -2.04. The molecule has 108 valence electrons. The quantitative estimate of drug-likeness (QED) is 0.609.